The Kier molecular flexibility index (Phi) is 18.4. The molecule has 15 heteroatoms. The zero-order valence-electron chi connectivity index (χ0n) is 36.2. The molecule has 0 radical (unpaired) electrons. The molecule has 334 valence electrons. The summed E-state index contributed by atoms with van der Waals surface area (Å²) in [7, 11) is 1.53. The molecule has 0 aliphatic carbocycles. The highest BCUT2D eigenvalue weighted by Gasteiger charge is 2.42. The zero-order chi connectivity index (χ0) is 45.3. The topological polar surface area (TPSA) is 210 Å². The Labute approximate surface area is 362 Å². The second kappa shape index (κ2) is 23.4. The van der Waals surface area contributed by atoms with Crippen LogP contribution in [0.5, 0.6) is 0 Å². The molecule has 1 fully saturated rings. The summed E-state index contributed by atoms with van der Waals surface area (Å²) >= 11 is 0. The molecule has 0 aromatic carbocycles. The summed E-state index contributed by atoms with van der Waals surface area (Å²) in [6.45, 7) is 10.8. The summed E-state index contributed by atoms with van der Waals surface area (Å²) in [5, 5.41) is 20.0. The van der Waals surface area contributed by atoms with Crippen molar-refractivity contribution >= 4 is 30.0 Å². The highest BCUT2D eigenvalue weighted by Crippen LogP contribution is 2.36. The van der Waals surface area contributed by atoms with E-state index in [1.807, 2.05) is 38.2 Å². The van der Waals surface area contributed by atoms with Gasteiger partial charge in [-0.25, -0.2) is 19.6 Å². The number of aromatic nitrogens is 2. The molecule has 0 amide bonds. The van der Waals surface area contributed by atoms with Gasteiger partial charge in [0, 0.05) is 36.9 Å². The van der Waals surface area contributed by atoms with Crippen LogP contribution in [0.15, 0.2) is 113 Å². The van der Waals surface area contributed by atoms with Gasteiger partial charge in [-0.2, -0.15) is 0 Å². The van der Waals surface area contributed by atoms with E-state index in [0.29, 0.717) is 6.42 Å². The molecule has 2 aliphatic heterocycles. The number of carboxylic acids is 1. The first kappa shape index (κ1) is 48.8. The van der Waals surface area contributed by atoms with Crippen LogP contribution in [0, 0.1) is 10.8 Å². The van der Waals surface area contributed by atoms with Gasteiger partial charge in [0.1, 0.15) is 43.0 Å². The average Bonchev–Trinajstić information content (AvgIpc) is 3.53. The van der Waals surface area contributed by atoms with Gasteiger partial charge in [0.05, 0.1) is 31.5 Å². The third kappa shape index (κ3) is 14.6. The van der Waals surface area contributed by atoms with Gasteiger partial charge in [-0.15, -0.1) is 0 Å². The van der Waals surface area contributed by atoms with Crippen LogP contribution in [0.4, 0.5) is 0 Å². The SMILES string of the molecule is CC=C[C@H](OC(=O)CCC(=O)O)C(C)(C)[C@@H]1CC=C[C@H]2O[C@H]2C=CC=Cc2nc(co2)C(=O)O[C@H](C(C)(C)[C@@H](O)C=CC)CC=CC=CC=C[C@H](OC)Cc2nc(co2)C(=O)O1. The van der Waals surface area contributed by atoms with Crippen molar-refractivity contribution in [2.45, 2.75) is 116 Å². The first-order chi connectivity index (χ1) is 29.6. The predicted octanol–water partition coefficient (Wildman–Crippen LogP) is 7.67. The summed E-state index contributed by atoms with van der Waals surface area (Å²) in [6, 6.07) is 0. The van der Waals surface area contributed by atoms with Crippen LogP contribution < -0.4 is 0 Å². The van der Waals surface area contributed by atoms with Gasteiger partial charge in [0.15, 0.2) is 17.3 Å². The molecule has 2 aliphatic rings. The van der Waals surface area contributed by atoms with Crippen LogP contribution in [0.2, 0.25) is 0 Å². The van der Waals surface area contributed by atoms with Gasteiger partial charge in [-0.05, 0) is 19.9 Å². The van der Waals surface area contributed by atoms with Crippen molar-refractivity contribution in [2.24, 2.45) is 10.8 Å². The Balaban J connectivity index is 1.61. The fourth-order valence-electron chi connectivity index (χ4n) is 6.26. The molecule has 62 heavy (non-hydrogen) atoms. The van der Waals surface area contributed by atoms with Crippen molar-refractivity contribution in [3.8, 4) is 0 Å². The first-order valence-electron chi connectivity index (χ1n) is 20.5. The number of rotatable bonds is 11. The van der Waals surface area contributed by atoms with E-state index in [-0.39, 0.29) is 61.1 Å². The molecule has 2 N–H and O–H groups in total. The number of aliphatic carboxylic acids is 1. The summed E-state index contributed by atoms with van der Waals surface area (Å²) in [4.78, 5) is 59.3. The minimum atomic E-state index is -1.13. The lowest BCUT2D eigenvalue weighted by atomic mass is 9.78. The van der Waals surface area contributed by atoms with E-state index >= 15 is 0 Å². The van der Waals surface area contributed by atoms with E-state index in [2.05, 4.69) is 9.97 Å². The third-order valence-corrected chi connectivity index (χ3v) is 10.4. The number of allylic oxidation sites excluding steroid dienone is 8. The molecular weight excluding hydrogens is 801 g/mol. The fraction of sp³-hybridized carbons (Fsp3) is 0.447. The maximum Gasteiger partial charge on any atom is 0.360 e. The summed E-state index contributed by atoms with van der Waals surface area (Å²) in [5.41, 5.74) is -1.96. The monoisotopic (exact) mass is 858 g/mol. The Morgan fingerprint density at radius 1 is 0.806 bits per heavy atom. The Bertz CT molecular complexity index is 2060. The predicted molar refractivity (Wildman–Crippen MR) is 228 cm³/mol. The number of carboxylic acid groups (broad SMARTS) is 1. The van der Waals surface area contributed by atoms with Crippen LogP contribution in [0.1, 0.15) is 100.0 Å². The second-order valence-corrected chi connectivity index (χ2v) is 15.8. The van der Waals surface area contributed by atoms with Crippen LogP contribution in [0.3, 0.4) is 0 Å². The number of oxazole rings is 2. The van der Waals surface area contributed by atoms with E-state index in [1.165, 1.54) is 19.6 Å². The van der Waals surface area contributed by atoms with Crippen LogP contribution in [-0.2, 0) is 39.7 Å². The van der Waals surface area contributed by atoms with Crippen molar-refractivity contribution in [3.63, 3.8) is 0 Å². The van der Waals surface area contributed by atoms with Gasteiger partial charge in [0.25, 0.3) is 0 Å². The molecule has 15 nitrogen and oxygen atoms in total. The number of cyclic esters (lactones) is 2. The minimum absolute atomic E-state index is 0.0198. The number of methoxy groups -OCH3 is 1. The van der Waals surface area contributed by atoms with E-state index in [0.717, 1.165) is 0 Å². The quantitative estimate of drug-likeness (QED) is 0.0961. The van der Waals surface area contributed by atoms with Gasteiger partial charge in [-0.1, -0.05) is 113 Å². The van der Waals surface area contributed by atoms with E-state index < -0.39 is 65.2 Å². The number of carbonyl (C=O) groups is 4. The van der Waals surface area contributed by atoms with Crippen molar-refractivity contribution < 1.29 is 61.9 Å². The molecule has 7 atom stereocenters. The molecule has 4 bridgehead atoms. The largest absolute Gasteiger partial charge is 0.481 e. The van der Waals surface area contributed by atoms with Crippen molar-refractivity contribution in [3.05, 3.63) is 127 Å². The van der Waals surface area contributed by atoms with Gasteiger partial charge in [0.2, 0.25) is 5.89 Å². The van der Waals surface area contributed by atoms with Gasteiger partial charge in [-0.3, -0.25) is 9.59 Å². The molecule has 1 saturated heterocycles. The maximum atomic E-state index is 13.6. The standard InChI is InChI=1S/C47H58N2O13/c1-8-18-36(50)46(3,4)38-23-14-12-10-11-13-20-31(56-7)28-41-49-33(30-58-41)45(55)62-39(47(5,6)37(19-9-2)60-43(53)27-26-42(51)52)24-17-22-35-34(59-35)21-15-16-25-40-48-32(29-57-40)44(54)61-38/h8-22,25,29-31,34-39,50H,23-24,26-28H2,1-7H3,(H,51,52)/t31-,34-,35+,36-,37-,38-,39-/m0/s1. The normalized spacial score (nSPS) is 23.1. The van der Waals surface area contributed by atoms with Crippen molar-refractivity contribution in [1.29, 1.82) is 0 Å². The number of nitrogens with zero attached hydrogens (tertiary/aromatic N) is 2. The lowest BCUT2D eigenvalue weighted by molar-refractivity contribution is -0.158. The second-order valence-electron chi connectivity index (χ2n) is 15.8. The van der Waals surface area contributed by atoms with Crippen LogP contribution in [-0.4, -0.2) is 93.9 Å². The lowest BCUT2D eigenvalue weighted by Crippen LogP contribution is -2.44. The van der Waals surface area contributed by atoms with Gasteiger partial charge >= 0.3 is 23.9 Å². The van der Waals surface area contributed by atoms with Crippen molar-refractivity contribution in [1.82, 2.24) is 9.97 Å². The minimum Gasteiger partial charge on any atom is -0.481 e. The molecule has 4 heterocycles. The van der Waals surface area contributed by atoms with Crippen LogP contribution >= 0.6 is 0 Å². The lowest BCUT2D eigenvalue weighted by Gasteiger charge is -2.38. The first-order valence-corrected chi connectivity index (χ1v) is 20.5. The number of ether oxygens (including phenoxy) is 5. The number of hydrogen-bond donors (Lipinski definition) is 2. The Morgan fingerprint density at radius 3 is 2.13 bits per heavy atom. The van der Waals surface area contributed by atoms with E-state index in [4.69, 9.17) is 37.6 Å². The zero-order valence-corrected chi connectivity index (χ0v) is 36.2. The number of epoxide rings is 1. The molecule has 0 spiro atoms. The van der Waals surface area contributed by atoms with Gasteiger partial charge < -0.3 is 42.7 Å². The summed E-state index contributed by atoms with van der Waals surface area (Å²) < 4.78 is 40.2. The molecule has 4 rings (SSSR count). The highest BCUT2D eigenvalue weighted by atomic mass is 16.6. The number of aliphatic hydroxyl groups is 1. The Hall–Kier alpha value is -5.90. The van der Waals surface area contributed by atoms with E-state index in [1.54, 1.807) is 101 Å². The highest BCUT2D eigenvalue weighted by molar-refractivity contribution is 5.87. The molecule has 2 aromatic rings. The summed E-state index contributed by atoms with van der Waals surface area (Å²) in [6.07, 6.45) is 26.1. The molecule has 0 unspecified atom stereocenters. The third-order valence-electron chi connectivity index (χ3n) is 10.4. The van der Waals surface area contributed by atoms with E-state index in [9.17, 15) is 24.3 Å². The summed E-state index contributed by atoms with van der Waals surface area (Å²) in [5.74, 6) is -2.87. The average molecular weight is 859 g/mol. The maximum absolute atomic E-state index is 13.6. The fourth-order valence-corrected chi connectivity index (χ4v) is 6.26. The van der Waals surface area contributed by atoms with Crippen LogP contribution in [0.25, 0.3) is 6.08 Å². The molecule has 0 saturated carbocycles. The number of esters is 3. The molecule has 2 aromatic heterocycles. The molecular formula is C47H58N2O13. The smallest absolute Gasteiger partial charge is 0.360 e. The number of hydrogen-bond acceptors (Lipinski definition) is 14. The number of aliphatic hydroxyl groups excluding tert-OH is 1. The van der Waals surface area contributed by atoms with Crippen molar-refractivity contribution in [2.75, 3.05) is 7.11 Å². The number of carbonyl (C=O) groups excluding carboxylic acids is 3. The Morgan fingerprint density at radius 2 is 1.44 bits per heavy atom. The number of fused-ring (bicyclic) bond motifs is 5.